The van der Waals surface area contributed by atoms with Gasteiger partial charge in [0, 0.05) is 18.2 Å². The molecule has 1 fully saturated rings. The Labute approximate surface area is 169 Å². The van der Waals surface area contributed by atoms with E-state index in [1.165, 1.54) is 4.90 Å². The Morgan fingerprint density at radius 1 is 1.07 bits per heavy atom. The van der Waals surface area contributed by atoms with Gasteiger partial charge in [0.05, 0.1) is 17.7 Å². The summed E-state index contributed by atoms with van der Waals surface area (Å²) in [6.45, 7) is 1.92. The number of rotatable bonds is 4. The lowest BCUT2D eigenvalue weighted by Gasteiger charge is -2.24. The van der Waals surface area contributed by atoms with Gasteiger partial charge < -0.3 is 10.6 Å². The van der Waals surface area contributed by atoms with Crippen molar-refractivity contribution in [3.8, 4) is 0 Å². The Morgan fingerprint density at radius 3 is 2.43 bits per heavy atom. The Bertz CT molecular complexity index is 874. The molecule has 6 nitrogen and oxygen atoms in total. The van der Waals surface area contributed by atoms with Gasteiger partial charge in [0.15, 0.2) is 0 Å². The molecule has 0 aliphatic carbocycles. The molecule has 2 aliphatic heterocycles. The number of piperidine rings is 1. The van der Waals surface area contributed by atoms with Crippen molar-refractivity contribution in [3.05, 3.63) is 70.8 Å². The molecule has 0 radical (unpaired) electrons. The van der Waals surface area contributed by atoms with Crippen LogP contribution in [0, 0.1) is 0 Å². The molecule has 2 heterocycles. The van der Waals surface area contributed by atoms with E-state index in [2.05, 4.69) is 10.6 Å². The van der Waals surface area contributed by atoms with E-state index in [1.807, 2.05) is 6.07 Å². The van der Waals surface area contributed by atoms with E-state index in [0.29, 0.717) is 16.7 Å². The number of hydrogen-bond acceptors (Lipinski definition) is 4. The van der Waals surface area contributed by atoms with E-state index in [0.717, 1.165) is 31.5 Å². The summed E-state index contributed by atoms with van der Waals surface area (Å²) in [5.74, 6) is -0.717. The molecule has 0 saturated carbocycles. The molecule has 3 amide bonds. The zero-order valence-electron chi connectivity index (χ0n) is 15.3. The Kier molecular flexibility index (Phi) is 6.11. The normalized spacial score (nSPS) is 18.4. The number of nitrogens with one attached hydrogen (secondary N) is 2. The van der Waals surface area contributed by atoms with E-state index in [1.54, 1.807) is 42.5 Å². The maximum atomic E-state index is 12.5. The lowest BCUT2D eigenvalue weighted by Crippen LogP contribution is -2.45. The number of imide groups is 1. The minimum atomic E-state index is -0.293. The van der Waals surface area contributed by atoms with Gasteiger partial charge in [-0.3, -0.25) is 19.3 Å². The predicted molar refractivity (Wildman–Crippen MR) is 108 cm³/mol. The summed E-state index contributed by atoms with van der Waals surface area (Å²) in [5, 5.41) is 6.31. The summed E-state index contributed by atoms with van der Waals surface area (Å²) >= 11 is 0. The number of fused-ring (bicyclic) bond motifs is 1. The van der Waals surface area contributed by atoms with Crippen molar-refractivity contribution in [2.45, 2.75) is 25.4 Å². The highest BCUT2D eigenvalue weighted by Gasteiger charge is 2.35. The van der Waals surface area contributed by atoms with E-state index >= 15 is 0 Å². The average Bonchev–Trinajstić information content (AvgIpc) is 2.94. The van der Waals surface area contributed by atoms with Crippen LogP contribution in [0.15, 0.2) is 48.5 Å². The molecule has 1 atom stereocenters. The molecule has 2 aromatic rings. The Hall–Kier alpha value is -2.70. The van der Waals surface area contributed by atoms with Gasteiger partial charge in [-0.25, -0.2) is 0 Å². The molecule has 1 saturated heterocycles. The summed E-state index contributed by atoms with van der Waals surface area (Å²) in [7, 11) is 0. The number of carbonyl (C=O) groups is 3. The molecular formula is C21H22ClN3O3. The van der Waals surface area contributed by atoms with Crippen LogP contribution in [0.5, 0.6) is 0 Å². The Balaban J connectivity index is 0.00000225. The fraction of sp³-hybridized carbons (Fsp3) is 0.286. The van der Waals surface area contributed by atoms with Crippen LogP contribution >= 0.6 is 12.4 Å². The second-order valence-electron chi connectivity index (χ2n) is 6.96. The monoisotopic (exact) mass is 399 g/mol. The number of nitrogens with zero attached hydrogens (tertiary/aromatic N) is 1. The third kappa shape index (κ3) is 3.93. The van der Waals surface area contributed by atoms with Gasteiger partial charge in [-0.15, -0.1) is 12.4 Å². The van der Waals surface area contributed by atoms with Crippen LogP contribution in [0.4, 0.5) is 0 Å². The van der Waals surface area contributed by atoms with Gasteiger partial charge in [0.25, 0.3) is 17.7 Å². The fourth-order valence-corrected chi connectivity index (χ4v) is 3.62. The molecule has 28 heavy (non-hydrogen) atoms. The summed E-state index contributed by atoms with van der Waals surface area (Å²) in [6, 6.07) is 14.1. The Morgan fingerprint density at radius 2 is 1.79 bits per heavy atom. The van der Waals surface area contributed by atoms with Gasteiger partial charge in [0.2, 0.25) is 0 Å². The summed E-state index contributed by atoms with van der Waals surface area (Å²) in [6.07, 6.45) is 2.01. The summed E-state index contributed by atoms with van der Waals surface area (Å²) in [4.78, 5) is 38.8. The number of benzene rings is 2. The maximum absolute atomic E-state index is 12.5. The first-order valence-electron chi connectivity index (χ1n) is 9.19. The van der Waals surface area contributed by atoms with Crippen molar-refractivity contribution in [1.29, 1.82) is 0 Å². The molecule has 2 aliphatic rings. The number of hydrogen-bond donors (Lipinski definition) is 2. The SMILES string of the molecule is Cl.O=C(NC1CCCNC1)c1cccc(CN2C(=O)c3ccccc3C2=O)c1. The molecule has 4 rings (SSSR count). The van der Waals surface area contributed by atoms with Gasteiger partial charge in [0.1, 0.15) is 0 Å². The second-order valence-corrected chi connectivity index (χ2v) is 6.96. The highest BCUT2D eigenvalue weighted by Crippen LogP contribution is 2.24. The maximum Gasteiger partial charge on any atom is 0.261 e. The molecule has 146 valence electrons. The molecule has 2 N–H and O–H groups in total. The predicted octanol–water partition coefficient (Wildman–Crippen LogP) is 2.39. The third-order valence-electron chi connectivity index (χ3n) is 5.04. The van der Waals surface area contributed by atoms with Crippen LogP contribution in [-0.2, 0) is 6.54 Å². The number of carbonyl (C=O) groups excluding carboxylic acids is 3. The molecule has 7 heteroatoms. The zero-order valence-corrected chi connectivity index (χ0v) is 16.1. The van der Waals surface area contributed by atoms with E-state index in [-0.39, 0.29) is 42.7 Å². The lowest BCUT2D eigenvalue weighted by molar-refractivity contribution is 0.0642. The smallest absolute Gasteiger partial charge is 0.261 e. The van der Waals surface area contributed by atoms with Crippen LogP contribution in [0.25, 0.3) is 0 Å². The summed E-state index contributed by atoms with van der Waals surface area (Å²) < 4.78 is 0. The standard InChI is InChI=1S/C21H21N3O3.ClH/c25-19(23-16-7-4-10-22-12-16)15-6-3-5-14(11-15)13-24-20(26)17-8-1-2-9-18(17)21(24)27;/h1-3,5-6,8-9,11,16,22H,4,7,10,12-13H2,(H,23,25);1H. The number of amides is 3. The average molecular weight is 400 g/mol. The van der Waals surface area contributed by atoms with Crippen molar-refractivity contribution in [1.82, 2.24) is 15.5 Å². The van der Waals surface area contributed by atoms with Crippen molar-refractivity contribution in [2.75, 3.05) is 13.1 Å². The largest absolute Gasteiger partial charge is 0.348 e. The van der Waals surface area contributed by atoms with Crippen LogP contribution in [0.1, 0.15) is 49.5 Å². The first kappa shape index (κ1) is 20.0. The van der Waals surface area contributed by atoms with Crippen LogP contribution in [0.2, 0.25) is 0 Å². The first-order chi connectivity index (χ1) is 13.1. The van der Waals surface area contributed by atoms with Crippen molar-refractivity contribution < 1.29 is 14.4 Å². The fourth-order valence-electron chi connectivity index (χ4n) is 3.62. The molecule has 1 unspecified atom stereocenters. The molecule has 0 aromatic heterocycles. The van der Waals surface area contributed by atoms with E-state index in [4.69, 9.17) is 0 Å². The lowest BCUT2D eigenvalue weighted by atomic mass is 10.1. The third-order valence-corrected chi connectivity index (χ3v) is 5.04. The minimum absolute atomic E-state index is 0. The summed E-state index contributed by atoms with van der Waals surface area (Å²) in [5.41, 5.74) is 2.15. The number of halogens is 1. The van der Waals surface area contributed by atoms with Gasteiger partial charge >= 0.3 is 0 Å². The highest BCUT2D eigenvalue weighted by atomic mass is 35.5. The van der Waals surface area contributed by atoms with Crippen molar-refractivity contribution >= 4 is 30.1 Å². The van der Waals surface area contributed by atoms with Crippen molar-refractivity contribution in [2.24, 2.45) is 0 Å². The van der Waals surface area contributed by atoms with Gasteiger partial charge in [-0.2, -0.15) is 0 Å². The molecular weight excluding hydrogens is 378 g/mol. The second kappa shape index (κ2) is 8.54. The van der Waals surface area contributed by atoms with E-state index < -0.39 is 0 Å². The molecule has 2 aromatic carbocycles. The van der Waals surface area contributed by atoms with Crippen LogP contribution in [0.3, 0.4) is 0 Å². The van der Waals surface area contributed by atoms with Crippen LogP contribution in [-0.4, -0.2) is 41.8 Å². The molecule has 0 bridgehead atoms. The van der Waals surface area contributed by atoms with Gasteiger partial charge in [-0.1, -0.05) is 24.3 Å². The zero-order chi connectivity index (χ0) is 18.8. The van der Waals surface area contributed by atoms with Gasteiger partial charge in [-0.05, 0) is 49.2 Å². The van der Waals surface area contributed by atoms with Crippen molar-refractivity contribution in [3.63, 3.8) is 0 Å². The van der Waals surface area contributed by atoms with E-state index in [9.17, 15) is 14.4 Å². The molecule has 0 spiro atoms. The topological polar surface area (TPSA) is 78.5 Å². The quantitative estimate of drug-likeness (QED) is 0.774. The van der Waals surface area contributed by atoms with Crippen LogP contribution < -0.4 is 10.6 Å². The minimum Gasteiger partial charge on any atom is -0.348 e. The first-order valence-corrected chi connectivity index (χ1v) is 9.19. The highest BCUT2D eigenvalue weighted by molar-refractivity contribution is 6.21.